The van der Waals surface area contributed by atoms with Gasteiger partial charge in [-0.25, -0.2) is 0 Å². The summed E-state index contributed by atoms with van der Waals surface area (Å²) in [6.45, 7) is 42.4. The molecule has 6 rings (SSSR count). The molecule has 65 heavy (non-hydrogen) atoms. The van der Waals surface area contributed by atoms with Crippen molar-refractivity contribution in [3.8, 4) is 0 Å². The minimum absolute atomic E-state index is 0.00740. The van der Waals surface area contributed by atoms with Gasteiger partial charge in [0.25, 0.3) is 6.71 Å². The van der Waals surface area contributed by atoms with Crippen molar-refractivity contribution in [1.29, 1.82) is 0 Å². The predicted octanol–water partition coefficient (Wildman–Crippen LogP) is 15.7. The predicted molar refractivity (Wildman–Crippen MR) is 288 cm³/mol. The van der Waals surface area contributed by atoms with Crippen LogP contribution in [0.15, 0.2) is 174 Å². The maximum Gasteiger partial charge on any atom is 0.292 e. The van der Waals surface area contributed by atoms with Crippen LogP contribution in [-0.2, 0) is 0 Å². The Morgan fingerprint density at radius 2 is 1.38 bits per heavy atom. The third-order valence-corrected chi connectivity index (χ3v) is 13.6. The van der Waals surface area contributed by atoms with Gasteiger partial charge in [-0.15, -0.1) is 0 Å². The number of rotatable bonds is 14. The molecule has 0 radical (unpaired) electrons. The van der Waals surface area contributed by atoms with E-state index in [1.54, 1.807) is 0 Å². The summed E-state index contributed by atoms with van der Waals surface area (Å²) in [5, 5.41) is 9.02. The Morgan fingerprint density at radius 1 is 0.769 bits per heavy atom. The average molecular weight is 865 g/mol. The molecule has 3 nitrogen and oxygen atoms in total. The van der Waals surface area contributed by atoms with Gasteiger partial charge in [0.05, 0.1) is 5.66 Å². The van der Waals surface area contributed by atoms with Gasteiger partial charge in [0, 0.05) is 34.2 Å². The summed E-state index contributed by atoms with van der Waals surface area (Å²) in [5.41, 5.74) is 15.6. The Morgan fingerprint density at radius 3 is 1.98 bits per heavy atom. The third-order valence-electron chi connectivity index (χ3n) is 13.6. The lowest BCUT2D eigenvalue weighted by Crippen LogP contribution is -2.53. The highest BCUT2D eigenvalue weighted by Crippen LogP contribution is 2.49. The first-order valence-electron chi connectivity index (χ1n) is 24.0. The summed E-state index contributed by atoms with van der Waals surface area (Å²) >= 11 is 0. The van der Waals surface area contributed by atoms with E-state index >= 15 is 0 Å². The molecule has 2 atom stereocenters. The van der Waals surface area contributed by atoms with Crippen LogP contribution in [0.1, 0.15) is 137 Å². The number of hydrogen-bond donors (Lipinski definition) is 2. The number of benzene rings is 3. The Balaban J connectivity index is 1.64. The molecule has 0 saturated carbocycles. The fourth-order valence-corrected chi connectivity index (χ4v) is 9.69. The fraction of sp³-hybridized carbons (Fsp3) is 0.377. The largest absolute Gasteiger partial charge is 0.470 e. The first kappa shape index (κ1) is 49.0. The highest BCUT2D eigenvalue weighted by molar-refractivity contribution is 6.96. The molecule has 1 heterocycles. The van der Waals surface area contributed by atoms with Crippen LogP contribution in [0.4, 0.5) is 11.4 Å². The molecular weight excluding hydrogens is 787 g/mol. The van der Waals surface area contributed by atoms with Crippen LogP contribution < -0.4 is 27.2 Å². The number of nitrogens with one attached hydrogen (secondary N) is 2. The monoisotopic (exact) mass is 865 g/mol. The lowest BCUT2D eigenvalue weighted by atomic mass is 9.38. The van der Waals surface area contributed by atoms with E-state index in [2.05, 4.69) is 230 Å². The van der Waals surface area contributed by atoms with Gasteiger partial charge in [-0.05, 0) is 147 Å². The van der Waals surface area contributed by atoms with E-state index in [0.717, 1.165) is 74.2 Å². The van der Waals surface area contributed by atoms with Crippen molar-refractivity contribution in [2.75, 3.05) is 10.6 Å². The minimum Gasteiger partial charge on any atom is -0.470 e. The topological polar surface area (TPSA) is 37.2 Å². The number of aryl methyl sites for hydroxylation is 1. The second-order valence-electron chi connectivity index (χ2n) is 22.3. The molecule has 0 amide bonds. The van der Waals surface area contributed by atoms with Gasteiger partial charge in [-0.1, -0.05) is 181 Å². The zero-order chi connectivity index (χ0) is 47.5. The van der Waals surface area contributed by atoms with E-state index in [-0.39, 0.29) is 28.4 Å². The van der Waals surface area contributed by atoms with Crippen LogP contribution in [0.5, 0.6) is 0 Å². The van der Waals surface area contributed by atoms with Crippen LogP contribution in [-0.4, -0.2) is 6.71 Å². The van der Waals surface area contributed by atoms with Crippen molar-refractivity contribution >= 4 is 45.6 Å². The van der Waals surface area contributed by atoms with E-state index in [4.69, 9.17) is 4.42 Å². The number of allylic oxidation sites excluding steroid dienone is 13. The van der Waals surface area contributed by atoms with Gasteiger partial charge in [0.15, 0.2) is 0 Å². The SMILES string of the molecule is C=CC1=C(/C=C/Nc2cc(C)cc(N/C(C=C)=C(/C=C/C(C)(C)C)C(\C=C)=C\C=C\C(C)(C)C)c2B(c2ccccc2)c2cc3cc4c(cc3o2)C(C)CCC4C)C(C)(C)CCC1(C)C. The second-order valence-corrected chi connectivity index (χ2v) is 22.3. The van der Waals surface area contributed by atoms with Crippen molar-refractivity contribution in [1.82, 2.24) is 0 Å². The standard InChI is InChI=1S/C61H77BN2O/c1-17-44(24-23-31-58(7,8)9)47(29-32-59(10,11)12)52(19-3)64-54-37-41(4)36-53(63-35-30-51-50(18-2)60(13,14)33-34-61(51,15)16)57(54)62(46-25-21-20-22-26-46)56-39-45-38-48-42(5)27-28-43(6)49(48)40-55(45)65-56/h17-26,29-32,35-40,42-43,63-64H,1-3,27-28,33-34H2,4-16H3/b31-23+,32-29+,35-30+,44-24+,52-47-. The molecule has 2 unspecified atom stereocenters. The van der Waals surface area contributed by atoms with Crippen LogP contribution in [0, 0.1) is 28.6 Å². The highest BCUT2D eigenvalue weighted by atomic mass is 16.3. The number of fused-ring (bicyclic) bond motifs is 2. The molecule has 0 spiro atoms. The van der Waals surface area contributed by atoms with Crippen LogP contribution in [0.2, 0.25) is 0 Å². The fourth-order valence-electron chi connectivity index (χ4n) is 9.69. The van der Waals surface area contributed by atoms with Gasteiger partial charge in [-0.2, -0.15) is 0 Å². The van der Waals surface area contributed by atoms with Crippen LogP contribution in [0.25, 0.3) is 11.0 Å². The molecular formula is C61H77BN2O. The molecule has 2 N–H and O–H groups in total. The van der Waals surface area contributed by atoms with Gasteiger partial charge in [-0.3, -0.25) is 0 Å². The van der Waals surface area contributed by atoms with Gasteiger partial charge in [0.2, 0.25) is 0 Å². The van der Waals surface area contributed by atoms with Crippen LogP contribution >= 0.6 is 0 Å². The van der Waals surface area contributed by atoms with E-state index in [9.17, 15) is 0 Å². The first-order valence-corrected chi connectivity index (χ1v) is 24.0. The number of furan rings is 1. The lowest BCUT2D eigenvalue weighted by Gasteiger charge is -2.42. The zero-order valence-corrected chi connectivity index (χ0v) is 42.1. The van der Waals surface area contributed by atoms with Crippen molar-refractivity contribution < 1.29 is 4.42 Å². The molecule has 4 aromatic rings. The van der Waals surface area contributed by atoms with Crippen molar-refractivity contribution in [2.45, 2.75) is 128 Å². The number of anilines is 2. The molecule has 1 aromatic heterocycles. The summed E-state index contributed by atoms with van der Waals surface area (Å²) in [6.07, 6.45) is 26.0. The third kappa shape index (κ3) is 11.5. The highest BCUT2D eigenvalue weighted by Gasteiger charge is 2.37. The van der Waals surface area contributed by atoms with Gasteiger partial charge < -0.3 is 15.1 Å². The first-order chi connectivity index (χ1) is 30.6. The van der Waals surface area contributed by atoms with Crippen molar-refractivity contribution in [3.05, 3.63) is 186 Å². The normalized spacial score (nSPS) is 19.4. The average Bonchev–Trinajstić information content (AvgIpc) is 3.65. The molecule has 3 aromatic carbocycles. The van der Waals surface area contributed by atoms with Gasteiger partial charge >= 0.3 is 0 Å². The Labute approximate surface area is 394 Å². The van der Waals surface area contributed by atoms with Crippen molar-refractivity contribution in [2.24, 2.45) is 21.7 Å². The maximum atomic E-state index is 7.12. The summed E-state index contributed by atoms with van der Waals surface area (Å²) in [4.78, 5) is 0. The summed E-state index contributed by atoms with van der Waals surface area (Å²) < 4.78 is 7.12. The molecule has 2 aliphatic rings. The summed E-state index contributed by atoms with van der Waals surface area (Å²) in [6, 6.07) is 22.4. The molecule has 0 saturated heterocycles. The molecule has 0 bridgehead atoms. The minimum atomic E-state index is -0.272. The molecule has 0 aliphatic heterocycles. The Hall–Kier alpha value is -5.48. The summed E-state index contributed by atoms with van der Waals surface area (Å²) in [5.74, 6) is 1.02. The van der Waals surface area contributed by atoms with E-state index < -0.39 is 0 Å². The van der Waals surface area contributed by atoms with Crippen molar-refractivity contribution in [3.63, 3.8) is 0 Å². The molecule has 4 heteroatoms. The maximum absolute atomic E-state index is 7.12. The quantitative estimate of drug-likeness (QED) is 0.0979. The molecule has 0 fully saturated rings. The lowest BCUT2D eigenvalue weighted by molar-refractivity contribution is 0.273. The van der Waals surface area contributed by atoms with E-state index in [1.165, 1.54) is 35.1 Å². The van der Waals surface area contributed by atoms with Crippen LogP contribution in [0.3, 0.4) is 0 Å². The van der Waals surface area contributed by atoms with E-state index in [1.807, 2.05) is 12.2 Å². The Bertz CT molecular complexity index is 2560. The zero-order valence-electron chi connectivity index (χ0n) is 42.1. The number of hydrogen-bond acceptors (Lipinski definition) is 3. The smallest absolute Gasteiger partial charge is 0.292 e. The molecule has 2 aliphatic carbocycles. The second kappa shape index (κ2) is 19.6. The van der Waals surface area contributed by atoms with E-state index in [0.29, 0.717) is 11.8 Å². The molecule has 340 valence electrons. The summed E-state index contributed by atoms with van der Waals surface area (Å²) in [7, 11) is 0. The van der Waals surface area contributed by atoms with Gasteiger partial charge in [0.1, 0.15) is 5.58 Å². The Kier molecular flexibility index (Phi) is 14.7.